The lowest BCUT2D eigenvalue weighted by atomic mass is 10.0. The van der Waals surface area contributed by atoms with Crippen molar-refractivity contribution in [3.8, 4) is 0 Å². The molecular weight excluding hydrogens is 261 g/mol. The number of hydrogen-bond donors (Lipinski definition) is 6. The molecule has 0 rings (SSSR count). The maximum atomic E-state index is 10.2. The van der Waals surface area contributed by atoms with Gasteiger partial charge in [-0.25, -0.2) is 0 Å². The fraction of sp³-hybridized carbons (Fsp3) is 0.833. The maximum Gasteiger partial charge on any atom is 0.321 e. The highest BCUT2D eigenvalue weighted by Crippen LogP contribution is 2.36. The summed E-state index contributed by atoms with van der Waals surface area (Å²) in [7, 11) is 0. The first-order valence-electron chi connectivity index (χ1n) is 4.14. The topological polar surface area (TPSA) is 153 Å². The van der Waals surface area contributed by atoms with Gasteiger partial charge in [0.25, 0.3) is 0 Å². The van der Waals surface area contributed by atoms with Crippen LogP contribution in [0.5, 0.6) is 0 Å². The third-order valence-electron chi connectivity index (χ3n) is 1.71. The van der Waals surface area contributed by atoms with Crippen LogP contribution in [0, 0.1) is 0 Å². The molecule has 4 atom stereocenters. The van der Waals surface area contributed by atoms with Crippen molar-refractivity contribution in [1.29, 1.82) is 0 Å². The summed E-state index contributed by atoms with van der Waals surface area (Å²) >= 11 is 4.09. The molecule has 0 saturated heterocycles. The molecule has 0 heterocycles. The highest BCUT2D eigenvalue weighted by molar-refractivity contribution is 8.06. The zero-order chi connectivity index (χ0) is 12.9. The summed E-state index contributed by atoms with van der Waals surface area (Å²) in [5, 5.41) is 27.7. The third kappa shape index (κ3) is 5.94. The SMILES string of the molecule is N[C@@H](C=O)[C@@H](O)[C@H](O)[C@H](O)COP(O)(O)=S. The van der Waals surface area contributed by atoms with Crippen molar-refractivity contribution in [2.75, 3.05) is 6.61 Å². The molecule has 0 bridgehead atoms. The van der Waals surface area contributed by atoms with Crippen LogP contribution in [0.15, 0.2) is 0 Å². The van der Waals surface area contributed by atoms with Crippen LogP contribution in [0.3, 0.4) is 0 Å². The van der Waals surface area contributed by atoms with Crippen molar-refractivity contribution in [2.45, 2.75) is 24.4 Å². The van der Waals surface area contributed by atoms with Crippen molar-refractivity contribution in [3.05, 3.63) is 0 Å². The molecule has 0 aliphatic carbocycles. The number of aldehydes is 1. The number of rotatable bonds is 7. The lowest BCUT2D eigenvalue weighted by Gasteiger charge is -2.24. The molecule has 0 amide bonds. The highest BCUT2D eigenvalue weighted by atomic mass is 32.5. The standard InChI is InChI=1S/C6H14NO7PS/c7-3(1-8)5(10)6(11)4(9)2-14-15(12,13)16/h1,3-6,9-11H,2,7H2,(H2,12,13,16)/t3-,4+,5+,6+/m0/s1. The van der Waals surface area contributed by atoms with E-state index in [1.54, 1.807) is 0 Å². The van der Waals surface area contributed by atoms with E-state index < -0.39 is 37.7 Å². The Kier molecular flexibility index (Phi) is 6.71. The van der Waals surface area contributed by atoms with Gasteiger partial charge in [-0.2, -0.15) is 0 Å². The van der Waals surface area contributed by atoms with Gasteiger partial charge in [-0.15, -0.1) is 0 Å². The molecule has 0 aromatic rings. The van der Waals surface area contributed by atoms with Crippen molar-refractivity contribution in [1.82, 2.24) is 0 Å². The van der Waals surface area contributed by atoms with Crippen LogP contribution >= 0.6 is 6.72 Å². The summed E-state index contributed by atoms with van der Waals surface area (Å²) in [5.41, 5.74) is 5.09. The number of carbonyl (C=O) groups excluding carboxylic acids is 1. The van der Waals surface area contributed by atoms with Gasteiger partial charge in [0.1, 0.15) is 24.6 Å². The normalized spacial score (nSPS) is 19.9. The zero-order valence-corrected chi connectivity index (χ0v) is 9.79. The average Bonchev–Trinajstić information content (AvgIpc) is 2.21. The lowest BCUT2D eigenvalue weighted by Crippen LogP contribution is -2.50. The molecule has 7 N–H and O–H groups in total. The quantitative estimate of drug-likeness (QED) is 0.208. The van der Waals surface area contributed by atoms with E-state index in [1.165, 1.54) is 0 Å². The Hall–Kier alpha value is 0.0400. The molecular formula is C6H14NO7PS. The van der Waals surface area contributed by atoms with E-state index in [2.05, 4.69) is 16.3 Å². The van der Waals surface area contributed by atoms with Crippen LogP contribution in [0.1, 0.15) is 0 Å². The van der Waals surface area contributed by atoms with Gasteiger partial charge in [-0.1, -0.05) is 0 Å². The Balaban J connectivity index is 4.22. The van der Waals surface area contributed by atoms with E-state index >= 15 is 0 Å². The van der Waals surface area contributed by atoms with Crippen molar-refractivity contribution >= 4 is 24.8 Å². The van der Waals surface area contributed by atoms with Gasteiger partial charge in [0.05, 0.1) is 12.6 Å². The van der Waals surface area contributed by atoms with E-state index in [9.17, 15) is 20.1 Å². The molecule has 10 heteroatoms. The molecule has 8 nitrogen and oxygen atoms in total. The Morgan fingerprint density at radius 3 is 2.19 bits per heavy atom. The number of carbonyl (C=O) groups is 1. The second-order valence-corrected chi connectivity index (χ2v) is 5.71. The van der Waals surface area contributed by atoms with Gasteiger partial charge in [-0.05, 0) is 11.8 Å². The van der Waals surface area contributed by atoms with Crippen molar-refractivity contribution in [2.24, 2.45) is 5.73 Å². The Labute approximate surface area is 96.5 Å². The van der Waals surface area contributed by atoms with Crippen LogP contribution in [0.4, 0.5) is 0 Å². The van der Waals surface area contributed by atoms with Crippen LogP contribution in [0.25, 0.3) is 0 Å². The molecule has 0 fully saturated rings. The van der Waals surface area contributed by atoms with Gasteiger partial charge in [0.15, 0.2) is 0 Å². The van der Waals surface area contributed by atoms with E-state index in [0.717, 1.165) is 0 Å². The molecule has 0 aliphatic heterocycles. The maximum absolute atomic E-state index is 10.2. The van der Waals surface area contributed by atoms with E-state index in [0.29, 0.717) is 0 Å². The van der Waals surface area contributed by atoms with Gasteiger partial charge >= 0.3 is 6.72 Å². The third-order valence-corrected chi connectivity index (χ3v) is 2.51. The average molecular weight is 275 g/mol. The Morgan fingerprint density at radius 2 is 1.81 bits per heavy atom. The molecule has 0 radical (unpaired) electrons. The minimum atomic E-state index is -3.94. The summed E-state index contributed by atoms with van der Waals surface area (Å²) in [6, 6.07) is -1.36. The van der Waals surface area contributed by atoms with E-state index in [1.807, 2.05) is 0 Å². The van der Waals surface area contributed by atoms with E-state index in [-0.39, 0.29) is 6.29 Å². The Bertz CT molecular complexity index is 272. The van der Waals surface area contributed by atoms with E-state index in [4.69, 9.17) is 15.5 Å². The fourth-order valence-electron chi connectivity index (χ4n) is 0.808. The van der Waals surface area contributed by atoms with Gasteiger partial charge in [-0.3, -0.25) is 0 Å². The summed E-state index contributed by atoms with van der Waals surface area (Å²) in [6.45, 7) is -4.64. The summed E-state index contributed by atoms with van der Waals surface area (Å²) in [5.74, 6) is 0. The molecule has 0 unspecified atom stereocenters. The second-order valence-electron chi connectivity index (χ2n) is 3.05. The van der Waals surface area contributed by atoms with Gasteiger partial charge in [0, 0.05) is 0 Å². The van der Waals surface area contributed by atoms with Gasteiger partial charge in [0.2, 0.25) is 0 Å². The molecule has 0 aliphatic rings. The Morgan fingerprint density at radius 1 is 1.31 bits per heavy atom. The first kappa shape index (κ1) is 16.0. The molecule has 0 aromatic carbocycles. The highest BCUT2D eigenvalue weighted by Gasteiger charge is 2.30. The smallest absolute Gasteiger partial charge is 0.321 e. The van der Waals surface area contributed by atoms with Crippen molar-refractivity contribution in [3.63, 3.8) is 0 Å². The monoisotopic (exact) mass is 275 g/mol. The number of aliphatic hydroxyl groups excluding tert-OH is 3. The number of aliphatic hydroxyl groups is 3. The second kappa shape index (κ2) is 6.70. The van der Waals surface area contributed by atoms with Gasteiger partial charge < -0.3 is 40.2 Å². The van der Waals surface area contributed by atoms with Crippen LogP contribution in [-0.4, -0.2) is 62.4 Å². The first-order chi connectivity index (χ1) is 7.19. The van der Waals surface area contributed by atoms with Crippen LogP contribution in [-0.2, 0) is 21.1 Å². The summed E-state index contributed by atoms with van der Waals surface area (Å²) < 4.78 is 4.26. The number of hydrogen-bond acceptors (Lipinski definition) is 7. The zero-order valence-electron chi connectivity index (χ0n) is 8.08. The minimum Gasteiger partial charge on any atom is -0.388 e. The lowest BCUT2D eigenvalue weighted by molar-refractivity contribution is -0.117. The molecule has 16 heavy (non-hydrogen) atoms. The minimum absolute atomic E-state index is 0.198. The molecule has 0 spiro atoms. The first-order valence-corrected chi connectivity index (χ1v) is 6.76. The van der Waals surface area contributed by atoms with Crippen LogP contribution in [0.2, 0.25) is 0 Å². The summed E-state index contributed by atoms with van der Waals surface area (Å²) in [4.78, 5) is 27.5. The largest absolute Gasteiger partial charge is 0.388 e. The predicted octanol–water partition coefficient (Wildman–Crippen LogP) is -3.18. The van der Waals surface area contributed by atoms with Crippen molar-refractivity contribution < 1.29 is 34.4 Å². The molecule has 0 saturated carbocycles. The molecule has 0 aromatic heterocycles. The summed E-state index contributed by atoms with van der Waals surface area (Å²) in [6.07, 6.45) is -4.90. The fourth-order valence-corrected chi connectivity index (χ4v) is 1.34. The molecule has 96 valence electrons. The number of nitrogens with two attached hydrogens (primary N) is 1. The predicted molar refractivity (Wildman–Crippen MR) is 56.7 cm³/mol. The van der Waals surface area contributed by atoms with Crippen LogP contribution < -0.4 is 5.73 Å².